The van der Waals surface area contributed by atoms with E-state index in [0.29, 0.717) is 13.1 Å². The zero-order valence-electron chi connectivity index (χ0n) is 22.5. The molecule has 3 aromatic rings. The number of carbonyl (C=O) groups is 2. The number of anilines is 2. The van der Waals surface area contributed by atoms with Crippen molar-refractivity contribution in [3.8, 4) is 0 Å². The molecule has 0 radical (unpaired) electrons. The number of hydrogen-bond donors (Lipinski definition) is 1. The number of benzene rings is 2. The molecule has 0 saturated carbocycles. The molecule has 2 aromatic carbocycles. The van der Waals surface area contributed by atoms with Crippen LogP contribution in [0.25, 0.3) is 0 Å². The topological polar surface area (TPSA) is 73.7 Å². The van der Waals surface area contributed by atoms with E-state index >= 15 is 0 Å². The number of piperidine rings is 1. The summed E-state index contributed by atoms with van der Waals surface area (Å²) in [5, 5.41) is 7.54. The van der Waals surface area contributed by atoms with Crippen LogP contribution < -0.4 is 10.2 Å². The maximum absolute atomic E-state index is 13.6. The molecule has 1 aromatic heterocycles. The zero-order chi connectivity index (χ0) is 26.4. The van der Waals surface area contributed by atoms with Gasteiger partial charge in [-0.1, -0.05) is 38.1 Å². The molecular formula is C30H36N6O2. The molecule has 8 nitrogen and oxygen atoms in total. The van der Waals surface area contributed by atoms with E-state index in [0.717, 1.165) is 61.4 Å². The number of nitrogens with zero attached hydrogens (tertiary/aromatic N) is 5. The summed E-state index contributed by atoms with van der Waals surface area (Å²) >= 11 is 0. The quantitative estimate of drug-likeness (QED) is 0.564. The summed E-state index contributed by atoms with van der Waals surface area (Å²) < 4.78 is 1.94. The van der Waals surface area contributed by atoms with E-state index in [2.05, 4.69) is 41.3 Å². The number of aryl methyl sites for hydroxylation is 1. The van der Waals surface area contributed by atoms with Crippen LogP contribution in [0, 0.1) is 0 Å². The first-order chi connectivity index (χ1) is 18.3. The number of urea groups is 1. The summed E-state index contributed by atoms with van der Waals surface area (Å²) in [4.78, 5) is 32.9. The Morgan fingerprint density at radius 1 is 1.03 bits per heavy atom. The van der Waals surface area contributed by atoms with E-state index < -0.39 is 0 Å². The second kappa shape index (κ2) is 9.49. The van der Waals surface area contributed by atoms with Crippen molar-refractivity contribution < 1.29 is 9.59 Å². The highest BCUT2D eigenvalue weighted by Crippen LogP contribution is 2.34. The number of amides is 3. The Kier molecular flexibility index (Phi) is 6.13. The Morgan fingerprint density at radius 3 is 2.63 bits per heavy atom. The monoisotopic (exact) mass is 512 g/mol. The van der Waals surface area contributed by atoms with Crippen molar-refractivity contribution in [3.63, 3.8) is 0 Å². The number of nitrogens with one attached hydrogen (secondary N) is 1. The van der Waals surface area contributed by atoms with E-state index in [1.807, 2.05) is 64.1 Å². The van der Waals surface area contributed by atoms with Gasteiger partial charge in [0.15, 0.2) is 0 Å². The first-order valence-electron chi connectivity index (χ1n) is 13.6. The van der Waals surface area contributed by atoms with Gasteiger partial charge in [0.25, 0.3) is 5.91 Å². The van der Waals surface area contributed by atoms with Gasteiger partial charge < -0.3 is 20.0 Å². The summed E-state index contributed by atoms with van der Waals surface area (Å²) in [7, 11) is 1.98. The Morgan fingerprint density at radius 2 is 1.82 bits per heavy atom. The predicted octanol–water partition coefficient (Wildman–Crippen LogP) is 4.41. The highest BCUT2D eigenvalue weighted by atomic mass is 16.2. The fourth-order valence-electron chi connectivity index (χ4n) is 6.62. The van der Waals surface area contributed by atoms with Crippen LogP contribution in [0.15, 0.2) is 54.7 Å². The molecule has 0 bridgehead atoms. The Hall–Kier alpha value is -3.81. The van der Waals surface area contributed by atoms with Crippen molar-refractivity contribution in [1.29, 1.82) is 0 Å². The molecule has 8 heteroatoms. The first kappa shape index (κ1) is 24.5. The second-order valence-corrected chi connectivity index (χ2v) is 11.5. The number of aromatic nitrogens is 2. The van der Waals surface area contributed by atoms with Gasteiger partial charge in [-0.25, -0.2) is 4.79 Å². The molecule has 38 heavy (non-hydrogen) atoms. The Labute approximate surface area is 224 Å². The van der Waals surface area contributed by atoms with Crippen molar-refractivity contribution in [2.45, 2.75) is 51.1 Å². The minimum atomic E-state index is -0.158. The summed E-state index contributed by atoms with van der Waals surface area (Å²) in [6.45, 7) is 8.05. The van der Waals surface area contributed by atoms with E-state index in [-0.39, 0.29) is 23.4 Å². The third-order valence-corrected chi connectivity index (χ3v) is 8.40. The van der Waals surface area contributed by atoms with E-state index in [9.17, 15) is 9.59 Å². The predicted molar refractivity (Wildman–Crippen MR) is 149 cm³/mol. The molecule has 198 valence electrons. The Balaban J connectivity index is 1.12. The molecule has 1 fully saturated rings. The number of carbonyl (C=O) groups excluding carboxylic acids is 2. The van der Waals surface area contributed by atoms with Gasteiger partial charge in [0.2, 0.25) is 0 Å². The van der Waals surface area contributed by atoms with Gasteiger partial charge in [-0.15, -0.1) is 0 Å². The molecule has 0 atom stereocenters. The molecule has 6 rings (SSSR count). The molecule has 3 aliphatic heterocycles. The summed E-state index contributed by atoms with van der Waals surface area (Å²) in [5.74, 6) is 0.0603. The van der Waals surface area contributed by atoms with Crippen LogP contribution in [0.3, 0.4) is 0 Å². The summed E-state index contributed by atoms with van der Waals surface area (Å²) in [6, 6.07) is 16.3. The van der Waals surface area contributed by atoms with Gasteiger partial charge in [0, 0.05) is 73.7 Å². The van der Waals surface area contributed by atoms with E-state index in [1.54, 1.807) is 0 Å². The molecule has 0 spiro atoms. The molecule has 4 heterocycles. The van der Waals surface area contributed by atoms with Crippen LogP contribution in [0.2, 0.25) is 0 Å². The van der Waals surface area contributed by atoms with Crippen LogP contribution in [-0.4, -0.2) is 63.7 Å². The second-order valence-electron chi connectivity index (χ2n) is 11.5. The number of fused-ring (bicyclic) bond motifs is 2. The third kappa shape index (κ3) is 4.42. The van der Waals surface area contributed by atoms with Crippen molar-refractivity contribution in [1.82, 2.24) is 19.6 Å². The lowest BCUT2D eigenvalue weighted by Crippen LogP contribution is -2.49. The average molecular weight is 513 g/mol. The highest BCUT2D eigenvalue weighted by Gasteiger charge is 2.37. The van der Waals surface area contributed by atoms with E-state index in [4.69, 9.17) is 0 Å². The molecule has 3 aliphatic rings. The van der Waals surface area contributed by atoms with Crippen LogP contribution >= 0.6 is 0 Å². The third-order valence-electron chi connectivity index (χ3n) is 8.40. The van der Waals surface area contributed by atoms with Crippen molar-refractivity contribution in [2.24, 2.45) is 7.05 Å². The fourth-order valence-corrected chi connectivity index (χ4v) is 6.62. The van der Waals surface area contributed by atoms with Gasteiger partial charge in [-0.2, -0.15) is 5.10 Å². The molecule has 0 unspecified atom stereocenters. The lowest BCUT2D eigenvalue weighted by molar-refractivity contribution is 0.0682. The minimum absolute atomic E-state index is 0.00206. The van der Waals surface area contributed by atoms with Crippen LogP contribution in [0.4, 0.5) is 16.2 Å². The van der Waals surface area contributed by atoms with Gasteiger partial charge in [0.05, 0.1) is 11.9 Å². The number of hydrogen-bond acceptors (Lipinski definition) is 4. The minimum Gasteiger partial charge on any atom is -0.371 e. The van der Waals surface area contributed by atoms with Crippen molar-refractivity contribution in [2.75, 3.05) is 36.4 Å². The average Bonchev–Trinajstić information content (AvgIpc) is 3.21. The van der Waals surface area contributed by atoms with Crippen LogP contribution in [-0.2, 0) is 25.4 Å². The smallest absolute Gasteiger partial charge is 0.322 e. The first-order valence-corrected chi connectivity index (χ1v) is 13.6. The van der Waals surface area contributed by atoms with Crippen LogP contribution in [0.1, 0.15) is 53.9 Å². The van der Waals surface area contributed by atoms with Gasteiger partial charge in [0.1, 0.15) is 0 Å². The maximum Gasteiger partial charge on any atom is 0.322 e. The Bertz CT molecular complexity index is 1370. The zero-order valence-corrected chi connectivity index (χ0v) is 22.5. The van der Waals surface area contributed by atoms with Crippen LogP contribution in [0.5, 0.6) is 0 Å². The van der Waals surface area contributed by atoms with Crippen molar-refractivity contribution >= 4 is 23.3 Å². The molecular weight excluding hydrogens is 476 g/mol. The van der Waals surface area contributed by atoms with E-state index in [1.165, 1.54) is 11.3 Å². The number of para-hydroxylation sites is 1. The van der Waals surface area contributed by atoms with Gasteiger partial charge in [-0.3, -0.25) is 9.48 Å². The molecule has 1 saturated heterocycles. The number of rotatable bonds is 3. The normalized spacial score (nSPS) is 19.4. The lowest BCUT2D eigenvalue weighted by Gasteiger charge is -2.39. The molecule has 0 aliphatic carbocycles. The SMILES string of the molecule is Cn1ncc2c1C(C)(C)CN(C(=O)c1cccc(N3CCC(N4CCc5ccccc5NC4=O)CC3)c1)C2. The van der Waals surface area contributed by atoms with Crippen molar-refractivity contribution in [3.05, 3.63) is 77.1 Å². The fraction of sp³-hybridized carbons (Fsp3) is 0.433. The standard InChI is InChI=1S/C30H36N6O2/c1-30(2)20-35(19-23-18-31-33(3)27(23)30)28(37)22-8-6-9-25(17-22)34-14-12-24(13-15-34)36-16-11-21-7-4-5-10-26(21)32-29(36)38/h4-10,17-18,24H,11-16,19-20H2,1-3H3,(H,32,38). The van der Waals surface area contributed by atoms with Gasteiger partial charge in [-0.05, 0) is 49.1 Å². The maximum atomic E-state index is 13.6. The largest absolute Gasteiger partial charge is 0.371 e. The lowest BCUT2D eigenvalue weighted by atomic mass is 9.83. The molecule has 1 N–H and O–H groups in total. The summed E-state index contributed by atoms with van der Waals surface area (Å²) in [6.07, 6.45) is 4.57. The summed E-state index contributed by atoms with van der Waals surface area (Å²) in [5.41, 5.74) is 6.08. The highest BCUT2D eigenvalue weighted by molar-refractivity contribution is 5.95. The molecule has 3 amide bonds. The van der Waals surface area contributed by atoms with Gasteiger partial charge >= 0.3 is 6.03 Å².